The second-order valence-electron chi connectivity index (χ2n) is 6.97. The summed E-state index contributed by atoms with van der Waals surface area (Å²) >= 11 is 0. The van der Waals surface area contributed by atoms with Crippen LogP contribution in [0.2, 0.25) is 0 Å². The standard InChI is InChI=1S/C12H21N6O12P3/c1-12(14)8(19)6(3-27-32(22,23)30-33(24,25)29-31(20,21)26-2)28-11(12)18-5-17-7-9(13)15-4-16-10(7)18/h4-6,8,11,19H,3,14H2,1-2H3,(H,20,21)(H,22,23)(H,24,25)(H2,13,15,16)/t6-,8-,11-,12-/m1/s1. The number of aliphatic hydroxyl groups excluding tert-OH is 1. The fourth-order valence-corrected chi connectivity index (χ4v) is 6.24. The number of fused-ring (bicyclic) bond motifs is 1. The van der Waals surface area contributed by atoms with Crippen LogP contribution in [0.15, 0.2) is 12.7 Å². The molecule has 21 heteroatoms. The highest BCUT2D eigenvalue weighted by molar-refractivity contribution is 7.66. The Morgan fingerprint density at radius 1 is 1.15 bits per heavy atom. The van der Waals surface area contributed by atoms with Crippen molar-refractivity contribution < 1.29 is 55.9 Å². The third-order valence-electron chi connectivity index (χ3n) is 4.51. The number of hydrogen-bond donors (Lipinski definition) is 6. The molecule has 1 aliphatic heterocycles. The average Bonchev–Trinajstić information content (AvgIpc) is 3.19. The van der Waals surface area contributed by atoms with E-state index in [0.717, 1.165) is 0 Å². The number of phosphoric acid groups is 3. The van der Waals surface area contributed by atoms with Gasteiger partial charge in [-0.25, -0.2) is 28.6 Å². The van der Waals surface area contributed by atoms with Crippen LogP contribution in [0.4, 0.5) is 5.82 Å². The van der Waals surface area contributed by atoms with Gasteiger partial charge in [-0.3, -0.25) is 13.6 Å². The number of aliphatic hydroxyl groups is 1. The molecule has 0 spiro atoms. The summed E-state index contributed by atoms with van der Waals surface area (Å²) in [7, 11) is -15.3. The summed E-state index contributed by atoms with van der Waals surface area (Å²) < 4.78 is 58.2. The van der Waals surface area contributed by atoms with Crippen LogP contribution in [0.3, 0.4) is 0 Å². The molecule has 2 aromatic heterocycles. The largest absolute Gasteiger partial charge is 0.490 e. The number of aromatic nitrogens is 4. The molecule has 8 N–H and O–H groups in total. The Hall–Kier alpha value is -1.36. The van der Waals surface area contributed by atoms with Crippen molar-refractivity contribution in [3.05, 3.63) is 12.7 Å². The van der Waals surface area contributed by atoms with E-state index < -0.39 is 54.0 Å². The molecule has 2 aromatic rings. The summed E-state index contributed by atoms with van der Waals surface area (Å²) in [6, 6.07) is 0. The van der Waals surface area contributed by atoms with Gasteiger partial charge in [0.1, 0.15) is 24.1 Å². The van der Waals surface area contributed by atoms with E-state index in [9.17, 15) is 28.6 Å². The van der Waals surface area contributed by atoms with E-state index in [1.807, 2.05) is 0 Å². The molecule has 3 heterocycles. The highest BCUT2D eigenvalue weighted by Gasteiger charge is 2.53. The summed E-state index contributed by atoms with van der Waals surface area (Å²) in [6.07, 6.45) is -1.45. The number of ether oxygens (including phenoxy) is 1. The normalized spacial score (nSPS) is 31.2. The molecule has 1 fully saturated rings. The first-order valence-corrected chi connectivity index (χ1v) is 13.2. The minimum Gasteiger partial charge on any atom is -0.388 e. The Labute approximate surface area is 185 Å². The molecule has 186 valence electrons. The zero-order valence-electron chi connectivity index (χ0n) is 16.9. The van der Waals surface area contributed by atoms with E-state index in [2.05, 4.69) is 32.6 Å². The molecular weight excluding hydrogens is 513 g/mol. The van der Waals surface area contributed by atoms with Crippen molar-refractivity contribution in [2.24, 2.45) is 5.73 Å². The second-order valence-corrected chi connectivity index (χ2v) is 11.7. The van der Waals surface area contributed by atoms with Gasteiger partial charge in [-0.2, -0.15) is 8.62 Å². The Morgan fingerprint density at radius 2 is 1.79 bits per heavy atom. The van der Waals surface area contributed by atoms with Crippen LogP contribution >= 0.6 is 23.5 Å². The average molecular weight is 534 g/mol. The van der Waals surface area contributed by atoms with Gasteiger partial charge in [0.05, 0.1) is 18.5 Å². The van der Waals surface area contributed by atoms with Gasteiger partial charge in [0.15, 0.2) is 17.7 Å². The third-order valence-corrected chi connectivity index (χ3v) is 8.75. The fourth-order valence-electron chi connectivity index (χ4n) is 2.97. The van der Waals surface area contributed by atoms with E-state index in [0.29, 0.717) is 7.11 Å². The molecule has 18 nitrogen and oxygen atoms in total. The quantitative estimate of drug-likeness (QED) is 0.219. The summed E-state index contributed by atoms with van der Waals surface area (Å²) in [5, 5.41) is 10.6. The fraction of sp³-hybridized carbons (Fsp3) is 0.583. The number of phosphoric ester groups is 2. The molecule has 1 aliphatic rings. The van der Waals surface area contributed by atoms with Gasteiger partial charge in [-0.1, -0.05) is 0 Å². The molecule has 3 unspecified atom stereocenters. The summed E-state index contributed by atoms with van der Waals surface area (Å²) in [6.45, 7) is 0.566. The Balaban J connectivity index is 1.73. The van der Waals surface area contributed by atoms with E-state index in [-0.39, 0.29) is 17.0 Å². The van der Waals surface area contributed by atoms with Gasteiger partial charge in [0, 0.05) is 7.11 Å². The van der Waals surface area contributed by atoms with Gasteiger partial charge in [0.2, 0.25) is 0 Å². The topological polar surface area (TPSA) is 274 Å². The summed E-state index contributed by atoms with van der Waals surface area (Å²) in [4.78, 5) is 40.1. The Morgan fingerprint density at radius 3 is 2.42 bits per heavy atom. The number of hydrogen-bond acceptors (Lipinski definition) is 14. The number of nitrogens with two attached hydrogens (primary N) is 2. The first-order chi connectivity index (χ1) is 15.1. The maximum atomic E-state index is 12.0. The Bertz CT molecular complexity index is 1170. The van der Waals surface area contributed by atoms with Gasteiger partial charge >= 0.3 is 23.5 Å². The lowest BCUT2D eigenvalue weighted by Crippen LogP contribution is -2.52. The lowest BCUT2D eigenvalue weighted by molar-refractivity contribution is -0.0447. The van der Waals surface area contributed by atoms with E-state index in [1.54, 1.807) is 0 Å². The van der Waals surface area contributed by atoms with Gasteiger partial charge in [0.25, 0.3) is 0 Å². The van der Waals surface area contributed by atoms with Gasteiger partial charge < -0.3 is 36.0 Å². The van der Waals surface area contributed by atoms with E-state index in [4.69, 9.17) is 21.1 Å². The lowest BCUT2D eigenvalue weighted by atomic mass is 9.93. The molecule has 0 bridgehead atoms. The lowest BCUT2D eigenvalue weighted by Gasteiger charge is -2.28. The number of anilines is 1. The van der Waals surface area contributed by atoms with Crippen LogP contribution in [0.1, 0.15) is 13.2 Å². The van der Waals surface area contributed by atoms with Crippen LogP contribution in [-0.4, -0.2) is 70.8 Å². The minimum atomic E-state index is -5.58. The SMILES string of the molecule is COP(=O)(O)OP(=O)(O)OP(=O)(O)OC[C@H]1O[C@@H](n2cnc3c(N)ncnc32)[C@](C)(N)[C@@H]1O. The third kappa shape index (κ3) is 5.66. The van der Waals surface area contributed by atoms with E-state index >= 15 is 0 Å². The van der Waals surface area contributed by atoms with Crippen molar-refractivity contribution >= 4 is 40.4 Å². The predicted molar refractivity (Wildman–Crippen MR) is 107 cm³/mol. The minimum absolute atomic E-state index is 0.0887. The van der Waals surface area contributed by atoms with Crippen LogP contribution in [0, 0.1) is 0 Å². The first-order valence-electron chi connectivity index (χ1n) is 8.75. The molecule has 3 rings (SSSR count). The van der Waals surface area contributed by atoms with Crippen LogP contribution < -0.4 is 11.5 Å². The van der Waals surface area contributed by atoms with E-state index in [1.165, 1.54) is 24.1 Å². The molecular formula is C12H21N6O12P3. The van der Waals surface area contributed by atoms with Crippen LogP contribution in [0.25, 0.3) is 11.2 Å². The van der Waals surface area contributed by atoms with Gasteiger partial charge in [-0.05, 0) is 6.92 Å². The predicted octanol–water partition coefficient (Wildman–Crippen LogP) is -0.618. The molecule has 0 aliphatic carbocycles. The maximum Gasteiger partial charge on any atom is 0.490 e. The highest BCUT2D eigenvalue weighted by Crippen LogP contribution is 2.67. The van der Waals surface area contributed by atoms with Crippen LogP contribution in [-0.2, 0) is 36.1 Å². The molecule has 0 aromatic carbocycles. The van der Waals surface area contributed by atoms with Crippen molar-refractivity contribution in [1.82, 2.24) is 19.5 Å². The van der Waals surface area contributed by atoms with Crippen molar-refractivity contribution in [2.45, 2.75) is 30.9 Å². The number of imidazole rings is 1. The molecule has 33 heavy (non-hydrogen) atoms. The number of nitrogen functional groups attached to an aromatic ring is 1. The maximum absolute atomic E-state index is 12.0. The first kappa shape index (κ1) is 26.2. The van der Waals surface area contributed by atoms with Crippen molar-refractivity contribution in [3.63, 3.8) is 0 Å². The smallest absolute Gasteiger partial charge is 0.388 e. The molecule has 0 radical (unpaired) electrons. The second kappa shape index (κ2) is 9.02. The van der Waals surface area contributed by atoms with Crippen molar-refractivity contribution in [1.29, 1.82) is 0 Å². The monoisotopic (exact) mass is 534 g/mol. The van der Waals surface area contributed by atoms with Crippen molar-refractivity contribution in [3.8, 4) is 0 Å². The zero-order valence-corrected chi connectivity index (χ0v) is 19.6. The number of rotatable bonds is 9. The molecule has 7 atom stereocenters. The zero-order chi connectivity index (χ0) is 24.8. The van der Waals surface area contributed by atoms with Crippen LogP contribution in [0.5, 0.6) is 0 Å². The van der Waals surface area contributed by atoms with Gasteiger partial charge in [-0.15, -0.1) is 0 Å². The Kier molecular flexibility index (Phi) is 7.17. The van der Waals surface area contributed by atoms with Crippen molar-refractivity contribution in [2.75, 3.05) is 19.5 Å². The number of nitrogens with zero attached hydrogens (tertiary/aromatic N) is 4. The highest BCUT2D eigenvalue weighted by atomic mass is 31.3. The summed E-state index contributed by atoms with van der Waals surface area (Å²) in [5.74, 6) is 0.0887. The molecule has 1 saturated heterocycles. The molecule has 0 saturated carbocycles. The molecule has 0 amide bonds. The summed E-state index contributed by atoms with van der Waals surface area (Å²) in [5.41, 5.74) is 10.9.